The van der Waals surface area contributed by atoms with Gasteiger partial charge in [0.1, 0.15) is 11.9 Å². The molecule has 0 amide bonds. The quantitative estimate of drug-likeness (QED) is 0.767. The molecule has 1 aliphatic heterocycles. The molecule has 2 aromatic heterocycles. The Kier molecular flexibility index (Phi) is 1.89. The highest BCUT2D eigenvalue weighted by Gasteiger charge is 2.22. The number of imidazole rings is 1. The number of nitrogens with zero attached hydrogens (tertiary/aromatic N) is 2. The highest BCUT2D eigenvalue weighted by molar-refractivity contribution is 7.10. The molecule has 3 rings (SSSR count). The van der Waals surface area contributed by atoms with Crippen LogP contribution in [0.5, 0.6) is 0 Å². The van der Waals surface area contributed by atoms with Gasteiger partial charge in [-0.2, -0.15) is 0 Å². The lowest BCUT2D eigenvalue weighted by Crippen LogP contribution is -2.33. The SMILES string of the molecule is c1csc(C2NCCn3ccnc32)c1. The fraction of sp³-hybridized carbons (Fsp3) is 0.300. The van der Waals surface area contributed by atoms with Gasteiger partial charge in [-0.05, 0) is 11.4 Å². The van der Waals surface area contributed by atoms with Crippen molar-refractivity contribution in [1.29, 1.82) is 0 Å². The van der Waals surface area contributed by atoms with Gasteiger partial charge in [-0.1, -0.05) is 6.07 Å². The lowest BCUT2D eigenvalue weighted by atomic mass is 10.2. The lowest BCUT2D eigenvalue weighted by molar-refractivity contribution is 0.460. The van der Waals surface area contributed by atoms with Crippen molar-refractivity contribution in [1.82, 2.24) is 14.9 Å². The highest BCUT2D eigenvalue weighted by Crippen LogP contribution is 2.26. The van der Waals surface area contributed by atoms with Crippen LogP contribution in [0, 0.1) is 0 Å². The van der Waals surface area contributed by atoms with E-state index in [0.29, 0.717) is 6.04 Å². The Labute approximate surface area is 86.4 Å². The van der Waals surface area contributed by atoms with Crippen molar-refractivity contribution < 1.29 is 0 Å². The summed E-state index contributed by atoms with van der Waals surface area (Å²) in [6, 6.07) is 4.54. The number of aromatic nitrogens is 2. The minimum absolute atomic E-state index is 0.291. The normalized spacial score (nSPS) is 20.7. The van der Waals surface area contributed by atoms with Crippen molar-refractivity contribution in [3.63, 3.8) is 0 Å². The Morgan fingerprint density at radius 3 is 3.43 bits per heavy atom. The highest BCUT2D eigenvalue weighted by atomic mass is 32.1. The largest absolute Gasteiger partial charge is 0.332 e. The van der Waals surface area contributed by atoms with Crippen LogP contribution in [0.3, 0.4) is 0 Å². The van der Waals surface area contributed by atoms with Gasteiger partial charge in [0.25, 0.3) is 0 Å². The number of fused-ring (bicyclic) bond motifs is 1. The standard InChI is InChI=1S/C10H11N3S/c1-2-8(14-7-1)9-10-12-4-6-13(10)5-3-11-9/h1-2,4,6-7,9,11H,3,5H2. The number of hydrogen-bond acceptors (Lipinski definition) is 3. The van der Waals surface area contributed by atoms with Gasteiger partial charge in [-0.25, -0.2) is 4.98 Å². The van der Waals surface area contributed by atoms with Gasteiger partial charge in [0.15, 0.2) is 0 Å². The molecular formula is C10H11N3S. The van der Waals surface area contributed by atoms with Crippen molar-refractivity contribution in [2.45, 2.75) is 12.6 Å². The van der Waals surface area contributed by atoms with Crippen LogP contribution >= 0.6 is 11.3 Å². The minimum atomic E-state index is 0.291. The van der Waals surface area contributed by atoms with E-state index in [1.54, 1.807) is 11.3 Å². The second kappa shape index (κ2) is 3.22. The molecule has 0 saturated carbocycles. The Bertz CT molecular complexity index is 418. The van der Waals surface area contributed by atoms with Crippen LogP contribution in [0.2, 0.25) is 0 Å². The maximum Gasteiger partial charge on any atom is 0.131 e. The first kappa shape index (κ1) is 8.20. The molecule has 0 aromatic carbocycles. The van der Waals surface area contributed by atoms with Gasteiger partial charge in [-0.15, -0.1) is 11.3 Å². The molecule has 1 atom stereocenters. The molecule has 1 unspecified atom stereocenters. The Balaban J connectivity index is 2.04. The van der Waals surface area contributed by atoms with Crippen molar-refractivity contribution in [3.05, 3.63) is 40.6 Å². The first-order valence-electron chi connectivity index (χ1n) is 4.73. The molecule has 72 valence electrons. The van der Waals surface area contributed by atoms with Gasteiger partial charge >= 0.3 is 0 Å². The van der Waals surface area contributed by atoms with Crippen molar-refractivity contribution in [2.75, 3.05) is 6.54 Å². The molecule has 14 heavy (non-hydrogen) atoms. The average Bonchev–Trinajstić information content (AvgIpc) is 2.88. The molecule has 0 spiro atoms. The third kappa shape index (κ3) is 1.19. The second-order valence-electron chi connectivity index (χ2n) is 3.38. The van der Waals surface area contributed by atoms with Crippen LogP contribution in [0.4, 0.5) is 0 Å². The van der Waals surface area contributed by atoms with Gasteiger partial charge in [0.05, 0.1) is 0 Å². The van der Waals surface area contributed by atoms with E-state index in [1.165, 1.54) is 4.88 Å². The van der Waals surface area contributed by atoms with Crippen molar-refractivity contribution in [3.8, 4) is 0 Å². The maximum absolute atomic E-state index is 4.40. The summed E-state index contributed by atoms with van der Waals surface area (Å²) >= 11 is 1.78. The summed E-state index contributed by atoms with van der Waals surface area (Å²) in [5.74, 6) is 1.14. The summed E-state index contributed by atoms with van der Waals surface area (Å²) in [5.41, 5.74) is 0. The number of nitrogens with one attached hydrogen (secondary N) is 1. The summed E-state index contributed by atoms with van der Waals surface area (Å²) in [6.45, 7) is 2.04. The predicted octanol–water partition coefficient (Wildman–Crippen LogP) is 1.64. The van der Waals surface area contributed by atoms with Crippen molar-refractivity contribution >= 4 is 11.3 Å². The first-order chi connectivity index (χ1) is 6.95. The van der Waals surface area contributed by atoms with Crippen molar-refractivity contribution in [2.24, 2.45) is 0 Å². The molecule has 1 aliphatic rings. The van der Waals surface area contributed by atoms with E-state index in [1.807, 2.05) is 6.20 Å². The Hall–Kier alpha value is -1.13. The molecule has 3 nitrogen and oxygen atoms in total. The van der Waals surface area contributed by atoms with Gasteiger partial charge in [0, 0.05) is 30.4 Å². The maximum atomic E-state index is 4.40. The molecule has 2 aromatic rings. The van der Waals surface area contributed by atoms with Gasteiger partial charge in [0.2, 0.25) is 0 Å². The third-order valence-corrected chi connectivity index (χ3v) is 3.47. The zero-order valence-electron chi connectivity index (χ0n) is 7.68. The van der Waals surface area contributed by atoms with Crippen LogP contribution in [-0.2, 0) is 6.54 Å². The smallest absolute Gasteiger partial charge is 0.131 e. The van der Waals surface area contributed by atoms with Crippen LogP contribution in [-0.4, -0.2) is 16.1 Å². The zero-order chi connectivity index (χ0) is 9.38. The van der Waals surface area contributed by atoms with Crippen LogP contribution in [0.15, 0.2) is 29.9 Å². The number of thiophene rings is 1. The van der Waals surface area contributed by atoms with E-state index < -0.39 is 0 Å². The van der Waals surface area contributed by atoms with Gasteiger partial charge < -0.3 is 9.88 Å². The number of hydrogen-bond donors (Lipinski definition) is 1. The summed E-state index contributed by atoms with van der Waals surface area (Å²) in [7, 11) is 0. The molecule has 0 aliphatic carbocycles. The van der Waals surface area contributed by atoms with Crippen LogP contribution < -0.4 is 5.32 Å². The first-order valence-corrected chi connectivity index (χ1v) is 5.61. The van der Waals surface area contributed by atoms with E-state index in [0.717, 1.165) is 18.9 Å². The lowest BCUT2D eigenvalue weighted by Gasteiger charge is -2.23. The monoisotopic (exact) mass is 205 g/mol. The Morgan fingerprint density at radius 1 is 1.57 bits per heavy atom. The van der Waals surface area contributed by atoms with E-state index in [-0.39, 0.29) is 0 Å². The second-order valence-corrected chi connectivity index (χ2v) is 4.36. The molecule has 0 saturated heterocycles. The Morgan fingerprint density at radius 2 is 2.57 bits per heavy atom. The summed E-state index contributed by atoms with van der Waals surface area (Å²) < 4.78 is 2.22. The van der Waals surface area contributed by atoms with E-state index in [2.05, 4.69) is 38.6 Å². The van der Waals surface area contributed by atoms with Crippen LogP contribution in [0.25, 0.3) is 0 Å². The predicted molar refractivity (Wildman–Crippen MR) is 56.4 cm³/mol. The average molecular weight is 205 g/mol. The fourth-order valence-corrected chi connectivity index (χ4v) is 2.67. The van der Waals surface area contributed by atoms with E-state index in [9.17, 15) is 0 Å². The third-order valence-electron chi connectivity index (χ3n) is 2.53. The van der Waals surface area contributed by atoms with Crippen LogP contribution in [0.1, 0.15) is 16.7 Å². The molecular weight excluding hydrogens is 194 g/mol. The molecule has 0 bridgehead atoms. The summed E-state index contributed by atoms with van der Waals surface area (Å²) in [5, 5.41) is 5.60. The molecule has 4 heteroatoms. The summed E-state index contributed by atoms with van der Waals surface area (Å²) in [4.78, 5) is 5.75. The fourth-order valence-electron chi connectivity index (χ4n) is 1.87. The minimum Gasteiger partial charge on any atom is -0.332 e. The molecule has 0 radical (unpaired) electrons. The van der Waals surface area contributed by atoms with E-state index >= 15 is 0 Å². The van der Waals surface area contributed by atoms with E-state index in [4.69, 9.17) is 0 Å². The van der Waals surface area contributed by atoms with Gasteiger partial charge in [-0.3, -0.25) is 0 Å². The number of rotatable bonds is 1. The zero-order valence-corrected chi connectivity index (χ0v) is 8.50. The topological polar surface area (TPSA) is 29.9 Å². The summed E-state index contributed by atoms with van der Waals surface area (Å²) in [6.07, 6.45) is 3.93. The molecule has 1 N–H and O–H groups in total. The molecule has 0 fully saturated rings. The molecule has 3 heterocycles.